The number of carbonyl (C=O) groups is 1. The maximum Gasteiger partial charge on any atom is 1.00 e. The molecular formula is C27H25FLi2NO5P. The predicted octanol–water partition coefficient (Wildman–Crippen LogP) is -2.56. The second-order valence-corrected chi connectivity index (χ2v) is 10.5. The Balaban J connectivity index is 0.00000342. The number of rotatable bonds is 7. The number of halogens is 1. The molecule has 1 unspecified atom stereocenters. The molecule has 0 aliphatic heterocycles. The summed E-state index contributed by atoms with van der Waals surface area (Å²) in [5.41, 5.74) is 6.79. The van der Waals surface area contributed by atoms with Crippen LogP contribution in [0.2, 0.25) is 0 Å². The topological polar surface area (TPSA) is 113 Å². The van der Waals surface area contributed by atoms with E-state index in [2.05, 4.69) is 11.6 Å². The van der Waals surface area contributed by atoms with Crippen molar-refractivity contribution < 1.29 is 66.6 Å². The van der Waals surface area contributed by atoms with Crippen molar-refractivity contribution >= 4 is 13.3 Å². The van der Waals surface area contributed by atoms with Crippen LogP contribution in [0, 0.1) is 24.3 Å². The fourth-order valence-corrected chi connectivity index (χ4v) is 4.87. The van der Waals surface area contributed by atoms with Gasteiger partial charge in [0.25, 0.3) is 0 Å². The van der Waals surface area contributed by atoms with E-state index < -0.39 is 37.8 Å². The van der Waals surface area contributed by atoms with E-state index in [0.717, 1.165) is 11.1 Å². The van der Waals surface area contributed by atoms with Crippen molar-refractivity contribution in [3.63, 3.8) is 0 Å². The van der Waals surface area contributed by atoms with Gasteiger partial charge in [0, 0.05) is 29.7 Å². The van der Waals surface area contributed by atoms with Gasteiger partial charge in [0.2, 0.25) is 0 Å². The summed E-state index contributed by atoms with van der Waals surface area (Å²) >= 11 is 0. The second kappa shape index (κ2) is 14.2. The smallest absolute Gasteiger partial charge is 0.790 e. The van der Waals surface area contributed by atoms with Crippen LogP contribution < -0.4 is 47.7 Å². The number of hydrogen-bond donors (Lipinski definition) is 1. The summed E-state index contributed by atoms with van der Waals surface area (Å²) < 4.78 is 26.2. The molecule has 2 atom stereocenters. The molecule has 3 aromatic rings. The van der Waals surface area contributed by atoms with Crippen LogP contribution in [-0.2, 0) is 9.36 Å². The van der Waals surface area contributed by atoms with Crippen LogP contribution in [0.1, 0.15) is 43.0 Å². The number of pyridine rings is 1. The monoisotopic (exact) mass is 507 g/mol. The van der Waals surface area contributed by atoms with Crippen LogP contribution in [0.25, 0.3) is 22.4 Å². The van der Waals surface area contributed by atoms with Gasteiger partial charge in [0.1, 0.15) is 5.82 Å². The molecule has 0 saturated carbocycles. The number of nitrogens with zero attached hydrogens (tertiary/aromatic N) is 1. The Kier molecular flexibility index (Phi) is 12.6. The van der Waals surface area contributed by atoms with Crippen molar-refractivity contribution in [3.8, 4) is 34.0 Å². The van der Waals surface area contributed by atoms with Crippen molar-refractivity contribution in [1.82, 2.24) is 4.98 Å². The zero-order valence-electron chi connectivity index (χ0n) is 21.6. The first-order valence-electron chi connectivity index (χ1n) is 11.1. The van der Waals surface area contributed by atoms with Gasteiger partial charge in [-0.3, -0.25) is 4.98 Å². The Morgan fingerprint density at radius 1 is 1.08 bits per heavy atom. The molecule has 182 valence electrons. The fraction of sp³-hybridized carbons (Fsp3) is 0.259. The van der Waals surface area contributed by atoms with Gasteiger partial charge < -0.3 is 24.5 Å². The molecule has 1 heterocycles. The number of aliphatic carboxylic acids is 1. The molecule has 2 aromatic carbocycles. The Labute approximate surface area is 240 Å². The van der Waals surface area contributed by atoms with Crippen molar-refractivity contribution in [2.45, 2.75) is 39.2 Å². The molecule has 10 heteroatoms. The molecule has 0 saturated heterocycles. The second-order valence-electron chi connectivity index (χ2n) is 8.57. The zero-order chi connectivity index (χ0) is 25.8. The first-order valence-corrected chi connectivity index (χ1v) is 12.9. The summed E-state index contributed by atoms with van der Waals surface area (Å²) in [6.45, 7) is 5.67. The summed E-state index contributed by atoms with van der Waals surface area (Å²) in [7, 11) is -4.46. The third-order valence-corrected chi connectivity index (χ3v) is 6.75. The minimum absolute atomic E-state index is 0. The average molecular weight is 507 g/mol. The maximum absolute atomic E-state index is 13.7. The van der Waals surface area contributed by atoms with Crippen LogP contribution in [0.5, 0.6) is 0 Å². The van der Waals surface area contributed by atoms with Crippen molar-refractivity contribution in [2.75, 3.05) is 6.16 Å². The van der Waals surface area contributed by atoms with Crippen molar-refractivity contribution in [3.05, 3.63) is 77.2 Å². The van der Waals surface area contributed by atoms with E-state index in [1.165, 1.54) is 12.1 Å². The molecule has 0 aliphatic rings. The molecule has 37 heavy (non-hydrogen) atoms. The summed E-state index contributed by atoms with van der Waals surface area (Å²) in [5, 5.41) is 20.4. The number of hydrogen-bond acceptors (Lipinski definition) is 6. The number of aromatic nitrogens is 1. The van der Waals surface area contributed by atoms with E-state index in [9.17, 15) is 28.9 Å². The zero-order valence-corrected chi connectivity index (χ0v) is 22.5. The Morgan fingerprint density at radius 2 is 1.68 bits per heavy atom. The van der Waals surface area contributed by atoms with Gasteiger partial charge in [-0.1, -0.05) is 62.2 Å². The van der Waals surface area contributed by atoms with Crippen molar-refractivity contribution in [1.29, 1.82) is 0 Å². The number of carboxylic acids is 1. The fourth-order valence-electron chi connectivity index (χ4n) is 3.81. The van der Waals surface area contributed by atoms with E-state index in [0.29, 0.717) is 28.1 Å². The van der Waals surface area contributed by atoms with Gasteiger partial charge in [-0.05, 0) is 41.8 Å². The van der Waals surface area contributed by atoms with Gasteiger partial charge in [-0.25, -0.2) is 4.39 Å². The standard InChI is InChI=1S/C27H27FNO5P.2Li/c1-17(2)26-23(13-14-35(33,34)16-22(30)15-24(31)32)25(19-9-11-21(28)12-10-19)18(3)27(29-26)20-7-5-4-6-8-20;;/h4-12,17,22,30H,15-16H2,1-3H3,(H,31,32)(H,33,34);;/q;2*+1/p-2/t22-;;/m1../s1. The number of aliphatic hydroxyl groups is 1. The Hall–Kier alpha value is -2.11. The summed E-state index contributed by atoms with van der Waals surface area (Å²) in [6.07, 6.45) is -3.25. The molecule has 0 spiro atoms. The summed E-state index contributed by atoms with van der Waals surface area (Å²) in [6, 6.07) is 15.4. The van der Waals surface area contributed by atoms with Gasteiger partial charge >= 0.3 is 37.7 Å². The van der Waals surface area contributed by atoms with E-state index in [1.807, 2.05) is 51.1 Å². The van der Waals surface area contributed by atoms with Gasteiger partial charge in [0.05, 0.1) is 30.4 Å². The molecule has 0 fully saturated rings. The molecule has 0 bridgehead atoms. The molecule has 3 rings (SSSR count). The van der Waals surface area contributed by atoms with Crippen LogP contribution >= 0.6 is 7.37 Å². The van der Waals surface area contributed by atoms with Gasteiger partial charge in [-0.2, -0.15) is 0 Å². The normalized spacial score (nSPS) is 12.8. The summed E-state index contributed by atoms with van der Waals surface area (Å²) in [4.78, 5) is 28.1. The molecule has 0 aliphatic carbocycles. The minimum Gasteiger partial charge on any atom is -0.790 e. The molecule has 6 nitrogen and oxygen atoms in total. The molecule has 1 aromatic heterocycles. The van der Waals surface area contributed by atoms with Crippen LogP contribution in [0.3, 0.4) is 0 Å². The molecular weight excluding hydrogens is 482 g/mol. The van der Waals surface area contributed by atoms with E-state index >= 15 is 0 Å². The first kappa shape index (κ1) is 32.9. The molecule has 0 radical (unpaired) electrons. The van der Waals surface area contributed by atoms with Crippen LogP contribution in [0.15, 0.2) is 54.6 Å². The van der Waals surface area contributed by atoms with Crippen LogP contribution in [0.4, 0.5) is 4.39 Å². The third-order valence-electron chi connectivity index (χ3n) is 5.40. The SMILES string of the molecule is Cc1c(-c2ccccc2)nc(C(C)C)c(C#CP(=O)([O-])C[C@H](O)CC(=O)[O-])c1-c1ccc(F)cc1.[Li+].[Li+]. The van der Waals surface area contributed by atoms with E-state index in [-0.39, 0.29) is 43.6 Å². The third kappa shape index (κ3) is 8.72. The predicted molar refractivity (Wildman–Crippen MR) is 129 cm³/mol. The molecule has 0 amide bonds. The number of benzene rings is 2. The summed E-state index contributed by atoms with van der Waals surface area (Å²) in [5.74, 6) is 0.646. The Bertz CT molecular complexity index is 1340. The number of carbonyl (C=O) groups excluding carboxylic acids is 1. The maximum atomic E-state index is 13.7. The quantitative estimate of drug-likeness (QED) is 0.214. The Morgan fingerprint density at radius 3 is 2.22 bits per heavy atom. The van der Waals surface area contributed by atoms with Crippen molar-refractivity contribution in [2.24, 2.45) is 0 Å². The van der Waals surface area contributed by atoms with Gasteiger partial charge in [-0.15, -0.1) is 0 Å². The average Bonchev–Trinajstić information content (AvgIpc) is 2.78. The van der Waals surface area contributed by atoms with E-state index in [1.54, 1.807) is 12.1 Å². The van der Waals surface area contributed by atoms with E-state index in [4.69, 9.17) is 4.98 Å². The molecule has 1 N–H and O–H groups in total. The first-order chi connectivity index (χ1) is 16.5. The minimum atomic E-state index is -4.46. The van der Waals surface area contributed by atoms with Crippen LogP contribution in [-0.4, -0.2) is 28.3 Å². The number of carboxylic acid groups (broad SMARTS) is 1. The number of aliphatic hydroxyl groups excluding tert-OH is 1. The van der Waals surface area contributed by atoms with Gasteiger partial charge in [0.15, 0.2) is 0 Å². The largest absolute Gasteiger partial charge is 1.00 e.